The van der Waals surface area contributed by atoms with Gasteiger partial charge in [0.15, 0.2) is 0 Å². The fourth-order valence-corrected chi connectivity index (χ4v) is 4.58. The quantitative estimate of drug-likeness (QED) is 0.805. The van der Waals surface area contributed by atoms with Crippen molar-refractivity contribution in [2.45, 2.75) is 78.3 Å². The number of nitriles is 1. The molecule has 0 spiro atoms. The Morgan fingerprint density at radius 2 is 1.67 bits per heavy atom. The molecule has 2 heteroatoms. The van der Waals surface area contributed by atoms with Crippen LogP contribution in [0.15, 0.2) is 0 Å². The molecule has 2 aliphatic rings. The highest BCUT2D eigenvalue weighted by Crippen LogP contribution is 2.46. The second-order valence-electron chi connectivity index (χ2n) is 8.05. The Labute approximate surface area is 112 Å². The first-order valence-corrected chi connectivity index (χ1v) is 7.47. The lowest BCUT2D eigenvalue weighted by Gasteiger charge is -2.46. The molecule has 102 valence electrons. The molecule has 18 heavy (non-hydrogen) atoms. The van der Waals surface area contributed by atoms with E-state index in [-0.39, 0.29) is 5.92 Å². The van der Waals surface area contributed by atoms with Crippen molar-refractivity contribution in [3.8, 4) is 6.07 Å². The van der Waals surface area contributed by atoms with E-state index >= 15 is 0 Å². The minimum absolute atomic E-state index is 0.248. The molecule has 1 N–H and O–H groups in total. The number of nitrogens with zero attached hydrogens (tertiary/aromatic N) is 1. The monoisotopic (exact) mass is 248 g/mol. The van der Waals surface area contributed by atoms with Crippen molar-refractivity contribution in [3.05, 3.63) is 0 Å². The van der Waals surface area contributed by atoms with Gasteiger partial charge in [-0.1, -0.05) is 34.1 Å². The van der Waals surface area contributed by atoms with Gasteiger partial charge in [-0.2, -0.15) is 5.26 Å². The molecule has 0 heterocycles. The van der Waals surface area contributed by atoms with E-state index in [9.17, 15) is 5.26 Å². The molecule has 0 aromatic carbocycles. The Kier molecular flexibility index (Phi) is 3.74. The zero-order valence-corrected chi connectivity index (χ0v) is 12.4. The fourth-order valence-electron chi connectivity index (χ4n) is 4.58. The molecule has 0 amide bonds. The van der Waals surface area contributed by atoms with Gasteiger partial charge in [-0.3, -0.25) is 0 Å². The van der Waals surface area contributed by atoms with Crippen molar-refractivity contribution in [2.75, 3.05) is 0 Å². The summed E-state index contributed by atoms with van der Waals surface area (Å²) in [7, 11) is 0. The van der Waals surface area contributed by atoms with Crippen LogP contribution in [-0.2, 0) is 0 Å². The van der Waals surface area contributed by atoms with Crippen molar-refractivity contribution < 1.29 is 0 Å². The summed E-state index contributed by atoms with van der Waals surface area (Å²) in [5.74, 6) is 0.248. The van der Waals surface area contributed by atoms with Gasteiger partial charge in [0.05, 0.1) is 12.0 Å². The van der Waals surface area contributed by atoms with E-state index < -0.39 is 0 Å². The molecule has 0 aliphatic heterocycles. The SMILES string of the molecule is CC1(C)CC(NC2CCCC2C#N)CC(C)(C)C1. The molecule has 2 rings (SSSR count). The van der Waals surface area contributed by atoms with Gasteiger partial charge in [-0.05, 0) is 42.9 Å². The number of hydrogen-bond donors (Lipinski definition) is 1. The lowest BCUT2D eigenvalue weighted by Crippen LogP contribution is -2.48. The maximum Gasteiger partial charge on any atom is 0.0672 e. The lowest BCUT2D eigenvalue weighted by molar-refractivity contribution is 0.0791. The topological polar surface area (TPSA) is 35.8 Å². The van der Waals surface area contributed by atoms with Crippen molar-refractivity contribution in [1.82, 2.24) is 5.32 Å². The first kappa shape index (κ1) is 13.9. The summed E-state index contributed by atoms with van der Waals surface area (Å²) in [6, 6.07) is 3.53. The van der Waals surface area contributed by atoms with E-state index in [1.54, 1.807) is 0 Å². The largest absolute Gasteiger partial charge is 0.310 e. The van der Waals surface area contributed by atoms with Crippen LogP contribution >= 0.6 is 0 Å². The van der Waals surface area contributed by atoms with Crippen LogP contribution in [0.25, 0.3) is 0 Å². The highest BCUT2D eigenvalue weighted by atomic mass is 15.0. The number of hydrogen-bond acceptors (Lipinski definition) is 2. The average molecular weight is 248 g/mol. The van der Waals surface area contributed by atoms with E-state index in [1.165, 1.54) is 32.1 Å². The molecule has 2 nitrogen and oxygen atoms in total. The first-order valence-electron chi connectivity index (χ1n) is 7.47. The van der Waals surface area contributed by atoms with Gasteiger partial charge < -0.3 is 5.32 Å². The van der Waals surface area contributed by atoms with E-state index in [4.69, 9.17) is 0 Å². The summed E-state index contributed by atoms with van der Waals surface area (Å²) in [6.07, 6.45) is 7.32. The van der Waals surface area contributed by atoms with E-state index in [0.717, 1.165) is 6.42 Å². The summed E-state index contributed by atoms with van der Waals surface area (Å²) < 4.78 is 0. The van der Waals surface area contributed by atoms with Crippen LogP contribution in [0, 0.1) is 28.1 Å². The van der Waals surface area contributed by atoms with E-state index in [1.807, 2.05) is 0 Å². The Morgan fingerprint density at radius 1 is 1.06 bits per heavy atom. The van der Waals surface area contributed by atoms with Gasteiger partial charge in [0, 0.05) is 12.1 Å². The van der Waals surface area contributed by atoms with Crippen LogP contribution < -0.4 is 5.32 Å². The summed E-state index contributed by atoms with van der Waals surface area (Å²) in [4.78, 5) is 0. The fraction of sp³-hybridized carbons (Fsp3) is 0.938. The Bertz CT molecular complexity index is 321. The molecule has 2 saturated carbocycles. The molecule has 2 unspecified atom stereocenters. The predicted molar refractivity (Wildman–Crippen MR) is 75.1 cm³/mol. The molecule has 2 aliphatic carbocycles. The Hall–Kier alpha value is -0.550. The molecule has 0 bridgehead atoms. The van der Waals surface area contributed by atoms with Crippen molar-refractivity contribution >= 4 is 0 Å². The average Bonchev–Trinajstić information content (AvgIpc) is 2.59. The lowest BCUT2D eigenvalue weighted by atomic mass is 9.63. The number of rotatable bonds is 2. The number of nitrogens with one attached hydrogen (secondary N) is 1. The molecular weight excluding hydrogens is 220 g/mol. The highest BCUT2D eigenvalue weighted by Gasteiger charge is 2.40. The molecular formula is C16H28N2. The highest BCUT2D eigenvalue weighted by molar-refractivity contribution is 5.00. The summed E-state index contributed by atoms with van der Waals surface area (Å²) in [5.41, 5.74) is 0.861. The molecule has 2 fully saturated rings. The molecule has 2 atom stereocenters. The summed E-state index contributed by atoms with van der Waals surface area (Å²) in [6.45, 7) is 9.55. The van der Waals surface area contributed by atoms with Crippen LogP contribution in [0.5, 0.6) is 0 Å². The van der Waals surface area contributed by atoms with Crippen LogP contribution in [0.4, 0.5) is 0 Å². The summed E-state index contributed by atoms with van der Waals surface area (Å²) in [5, 5.41) is 13.0. The van der Waals surface area contributed by atoms with Crippen molar-refractivity contribution in [3.63, 3.8) is 0 Å². The van der Waals surface area contributed by atoms with E-state index in [0.29, 0.717) is 22.9 Å². The van der Waals surface area contributed by atoms with Crippen molar-refractivity contribution in [1.29, 1.82) is 5.26 Å². The maximum atomic E-state index is 9.18. The van der Waals surface area contributed by atoms with Crippen LogP contribution in [-0.4, -0.2) is 12.1 Å². The van der Waals surface area contributed by atoms with Crippen LogP contribution in [0.1, 0.15) is 66.2 Å². The third-order valence-corrected chi connectivity index (χ3v) is 4.69. The van der Waals surface area contributed by atoms with Gasteiger partial charge in [-0.25, -0.2) is 0 Å². The minimum atomic E-state index is 0.248. The van der Waals surface area contributed by atoms with Gasteiger partial charge >= 0.3 is 0 Å². The third kappa shape index (κ3) is 3.26. The Balaban J connectivity index is 1.99. The zero-order valence-electron chi connectivity index (χ0n) is 12.4. The molecule has 0 radical (unpaired) electrons. The first-order chi connectivity index (χ1) is 8.31. The standard InChI is InChI=1S/C16H28N2/c1-15(2)8-13(9-16(3,4)11-15)18-14-7-5-6-12(14)10-17/h12-14,18H,5-9,11H2,1-4H3. The van der Waals surface area contributed by atoms with Crippen LogP contribution in [0.3, 0.4) is 0 Å². The van der Waals surface area contributed by atoms with Gasteiger partial charge in [0.1, 0.15) is 0 Å². The maximum absolute atomic E-state index is 9.18. The van der Waals surface area contributed by atoms with Crippen LogP contribution in [0.2, 0.25) is 0 Å². The smallest absolute Gasteiger partial charge is 0.0672 e. The molecule has 0 aromatic heterocycles. The normalized spacial score (nSPS) is 35.3. The minimum Gasteiger partial charge on any atom is -0.310 e. The zero-order chi connectivity index (χ0) is 13.4. The van der Waals surface area contributed by atoms with Gasteiger partial charge in [-0.15, -0.1) is 0 Å². The van der Waals surface area contributed by atoms with Gasteiger partial charge in [0.2, 0.25) is 0 Å². The third-order valence-electron chi connectivity index (χ3n) is 4.69. The van der Waals surface area contributed by atoms with E-state index in [2.05, 4.69) is 39.1 Å². The van der Waals surface area contributed by atoms with Crippen molar-refractivity contribution in [2.24, 2.45) is 16.7 Å². The van der Waals surface area contributed by atoms with Gasteiger partial charge in [0.25, 0.3) is 0 Å². The second kappa shape index (κ2) is 4.85. The summed E-state index contributed by atoms with van der Waals surface area (Å²) >= 11 is 0. The Morgan fingerprint density at radius 3 is 2.22 bits per heavy atom. The molecule has 0 aromatic rings. The predicted octanol–water partition coefficient (Wildman–Crippen LogP) is 3.87. The second-order valence-corrected chi connectivity index (χ2v) is 8.05. The molecule has 0 saturated heterocycles.